The van der Waals surface area contributed by atoms with E-state index in [2.05, 4.69) is 12.2 Å². The molecule has 0 heterocycles. The summed E-state index contributed by atoms with van der Waals surface area (Å²) in [4.78, 5) is 0. The van der Waals surface area contributed by atoms with Crippen molar-refractivity contribution >= 4 is 0 Å². The normalized spacial score (nSPS) is 43.8. The lowest BCUT2D eigenvalue weighted by Gasteiger charge is -2.16. The molecule has 2 unspecified atom stereocenters. The Balaban J connectivity index is 1.68. The van der Waals surface area contributed by atoms with Gasteiger partial charge in [-0.2, -0.15) is 0 Å². The quantitative estimate of drug-likeness (QED) is 0.695. The Morgan fingerprint density at radius 2 is 2.15 bits per heavy atom. The monoisotopic (exact) mass is 183 g/mol. The molecule has 2 aliphatic carbocycles. The van der Waals surface area contributed by atoms with Gasteiger partial charge in [-0.3, -0.25) is 0 Å². The van der Waals surface area contributed by atoms with Crippen LogP contribution in [0.15, 0.2) is 0 Å². The molecule has 0 bridgehead atoms. The van der Waals surface area contributed by atoms with Crippen LogP contribution in [0.3, 0.4) is 0 Å². The molecule has 0 amide bonds. The minimum absolute atomic E-state index is 0.0668. The van der Waals surface area contributed by atoms with E-state index in [4.69, 9.17) is 0 Å². The molecule has 2 fully saturated rings. The van der Waals surface area contributed by atoms with E-state index < -0.39 is 0 Å². The van der Waals surface area contributed by atoms with Gasteiger partial charge in [-0.05, 0) is 38.0 Å². The number of hydrogen-bond acceptors (Lipinski definition) is 2. The van der Waals surface area contributed by atoms with E-state index in [1.165, 1.54) is 32.1 Å². The summed E-state index contributed by atoms with van der Waals surface area (Å²) >= 11 is 0. The first-order valence-corrected chi connectivity index (χ1v) is 5.75. The van der Waals surface area contributed by atoms with Gasteiger partial charge in [-0.1, -0.05) is 13.3 Å². The fourth-order valence-corrected chi connectivity index (χ4v) is 2.55. The summed E-state index contributed by atoms with van der Waals surface area (Å²) in [5.41, 5.74) is 0. The lowest BCUT2D eigenvalue weighted by atomic mass is 10.2. The zero-order chi connectivity index (χ0) is 9.26. The molecular weight excluding hydrogens is 162 g/mol. The van der Waals surface area contributed by atoms with Crippen LogP contribution in [-0.2, 0) is 0 Å². The topological polar surface area (TPSA) is 32.3 Å². The second-order valence-corrected chi connectivity index (χ2v) is 4.66. The lowest BCUT2D eigenvalue weighted by Crippen LogP contribution is -2.37. The third kappa shape index (κ3) is 2.23. The predicted octanol–water partition coefficient (Wildman–Crippen LogP) is 1.68. The van der Waals surface area contributed by atoms with Gasteiger partial charge in [0.05, 0.1) is 6.10 Å². The highest BCUT2D eigenvalue weighted by atomic mass is 16.3. The second-order valence-electron chi connectivity index (χ2n) is 4.66. The molecule has 2 aliphatic rings. The molecule has 13 heavy (non-hydrogen) atoms. The van der Waals surface area contributed by atoms with Gasteiger partial charge in [0.25, 0.3) is 0 Å². The molecule has 2 nitrogen and oxygen atoms in total. The summed E-state index contributed by atoms with van der Waals surface area (Å²) < 4.78 is 0. The lowest BCUT2D eigenvalue weighted by molar-refractivity contribution is 0.147. The van der Waals surface area contributed by atoms with Crippen LogP contribution >= 0.6 is 0 Å². The molecule has 0 aliphatic heterocycles. The van der Waals surface area contributed by atoms with E-state index in [0.29, 0.717) is 6.04 Å². The molecule has 2 rings (SSSR count). The molecule has 2 N–H and O–H groups in total. The van der Waals surface area contributed by atoms with E-state index in [0.717, 1.165) is 18.4 Å². The predicted molar refractivity (Wildman–Crippen MR) is 53.6 cm³/mol. The first kappa shape index (κ1) is 9.47. The van der Waals surface area contributed by atoms with Gasteiger partial charge in [-0.15, -0.1) is 0 Å². The van der Waals surface area contributed by atoms with Gasteiger partial charge >= 0.3 is 0 Å². The van der Waals surface area contributed by atoms with E-state index in [9.17, 15) is 5.11 Å². The summed E-state index contributed by atoms with van der Waals surface area (Å²) in [6.07, 6.45) is 7.32. The van der Waals surface area contributed by atoms with Crippen molar-refractivity contribution in [1.29, 1.82) is 0 Å². The Morgan fingerprint density at radius 3 is 2.77 bits per heavy atom. The van der Waals surface area contributed by atoms with E-state index in [1.54, 1.807) is 0 Å². The van der Waals surface area contributed by atoms with E-state index in [1.807, 2.05) is 0 Å². The van der Waals surface area contributed by atoms with Gasteiger partial charge in [0.1, 0.15) is 0 Å². The van der Waals surface area contributed by atoms with Crippen molar-refractivity contribution in [1.82, 2.24) is 5.32 Å². The molecule has 0 aromatic rings. The molecule has 4 atom stereocenters. The largest absolute Gasteiger partial charge is 0.392 e. The second kappa shape index (κ2) is 3.97. The third-order valence-electron chi connectivity index (χ3n) is 3.49. The fourth-order valence-electron chi connectivity index (χ4n) is 2.55. The zero-order valence-corrected chi connectivity index (χ0v) is 8.50. The highest BCUT2D eigenvalue weighted by Gasteiger charge is 2.39. The van der Waals surface area contributed by atoms with Gasteiger partial charge < -0.3 is 10.4 Å². The third-order valence-corrected chi connectivity index (χ3v) is 3.49. The van der Waals surface area contributed by atoms with Gasteiger partial charge in [0.2, 0.25) is 0 Å². The van der Waals surface area contributed by atoms with Crippen LogP contribution in [0, 0.1) is 5.92 Å². The number of hydrogen-bond donors (Lipinski definition) is 2. The van der Waals surface area contributed by atoms with Crippen molar-refractivity contribution in [2.24, 2.45) is 5.92 Å². The Labute approximate surface area is 80.7 Å². The van der Waals surface area contributed by atoms with E-state index >= 15 is 0 Å². The first-order chi connectivity index (χ1) is 6.31. The number of rotatable bonds is 4. The summed E-state index contributed by atoms with van der Waals surface area (Å²) in [7, 11) is 0. The molecule has 0 aromatic carbocycles. The van der Waals surface area contributed by atoms with Crippen molar-refractivity contribution in [2.75, 3.05) is 0 Å². The van der Waals surface area contributed by atoms with Gasteiger partial charge in [0.15, 0.2) is 0 Å². The Morgan fingerprint density at radius 1 is 1.31 bits per heavy atom. The number of aliphatic hydroxyl groups excluding tert-OH is 1. The smallest absolute Gasteiger partial charge is 0.0693 e. The Bertz CT molecular complexity index is 171. The number of nitrogens with one attached hydrogen (secondary N) is 1. The Hall–Kier alpha value is -0.0800. The molecule has 0 aromatic heterocycles. The van der Waals surface area contributed by atoms with Crippen molar-refractivity contribution in [3.05, 3.63) is 0 Å². The fraction of sp³-hybridized carbons (Fsp3) is 1.00. The van der Waals surface area contributed by atoms with E-state index in [-0.39, 0.29) is 6.10 Å². The molecular formula is C11H21NO. The summed E-state index contributed by atoms with van der Waals surface area (Å²) in [6.45, 7) is 2.25. The summed E-state index contributed by atoms with van der Waals surface area (Å²) in [5.74, 6) is 0.915. The van der Waals surface area contributed by atoms with Crippen molar-refractivity contribution in [3.63, 3.8) is 0 Å². The molecule has 2 saturated carbocycles. The highest BCUT2D eigenvalue weighted by Crippen LogP contribution is 2.36. The SMILES string of the molecule is CCCC1CC1N[C@@H]1CCC[C@H]1O. The molecule has 76 valence electrons. The highest BCUT2D eigenvalue weighted by molar-refractivity contribution is 4.97. The van der Waals surface area contributed by atoms with Crippen molar-refractivity contribution in [3.8, 4) is 0 Å². The Kier molecular flexibility index (Phi) is 2.89. The maximum absolute atomic E-state index is 9.62. The minimum atomic E-state index is -0.0668. The van der Waals surface area contributed by atoms with Crippen molar-refractivity contribution in [2.45, 2.75) is 63.6 Å². The molecule has 2 heteroatoms. The molecule has 0 radical (unpaired) electrons. The number of aliphatic hydroxyl groups is 1. The van der Waals surface area contributed by atoms with Crippen LogP contribution in [0.5, 0.6) is 0 Å². The summed E-state index contributed by atoms with van der Waals surface area (Å²) in [6, 6.07) is 1.14. The molecule has 0 spiro atoms. The van der Waals surface area contributed by atoms with Crippen LogP contribution in [-0.4, -0.2) is 23.3 Å². The van der Waals surface area contributed by atoms with Crippen LogP contribution < -0.4 is 5.32 Å². The minimum Gasteiger partial charge on any atom is -0.392 e. The van der Waals surface area contributed by atoms with Crippen molar-refractivity contribution < 1.29 is 5.11 Å². The van der Waals surface area contributed by atoms with Crippen LogP contribution in [0.1, 0.15) is 45.4 Å². The van der Waals surface area contributed by atoms with Gasteiger partial charge in [-0.25, -0.2) is 0 Å². The standard InChI is InChI=1S/C11H21NO/c1-2-4-8-7-10(8)12-9-5-3-6-11(9)13/h8-13H,2-7H2,1H3/t8?,9-,10?,11-/m1/s1. The maximum Gasteiger partial charge on any atom is 0.0693 e. The van der Waals surface area contributed by atoms with Crippen LogP contribution in [0.4, 0.5) is 0 Å². The average molecular weight is 183 g/mol. The average Bonchev–Trinajstić information content (AvgIpc) is 2.69. The van der Waals surface area contributed by atoms with Gasteiger partial charge in [0, 0.05) is 12.1 Å². The van der Waals surface area contributed by atoms with Crippen LogP contribution in [0.25, 0.3) is 0 Å². The maximum atomic E-state index is 9.62. The zero-order valence-electron chi connectivity index (χ0n) is 8.50. The summed E-state index contributed by atoms with van der Waals surface area (Å²) in [5, 5.41) is 13.2. The molecule has 0 saturated heterocycles. The van der Waals surface area contributed by atoms with Crippen LogP contribution in [0.2, 0.25) is 0 Å². The first-order valence-electron chi connectivity index (χ1n) is 5.75.